The maximum Gasteiger partial charge on any atom is 0.485 e. The Labute approximate surface area is 113 Å². The monoisotopic (exact) mass is 316 g/mol. The normalized spacial score (nSPS) is 12.8. The van der Waals surface area contributed by atoms with Crippen molar-refractivity contribution in [3.63, 3.8) is 0 Å². The van der Waals surface area contributed by atoms with Crippen LogP contribution in [0.3, 0.4) is 0 Å². The Kier molecular flexibility index (Phi) is 5.99. The van der Waals surface area contributed by atoms with Gasteiger partial charge in [-0.05, 0) is 23.1 Å². The topological polar surface area (TPSA) is 57.2 Å². The van der Waals surface area contributed by atoms with Crippen molar-refractivity contribution in [2.45, 2.75) is 31.7 Å². The lowest BCUT2D eigenvalue weighted by Crippen LogP contribution is -2.21. The largest absolute Gasteiger partial charge is 0.741 e. The summed E-state index contributed by atoms with van der Waals surface area (Å²) in [6.45, 7) is 6.71. The molecule has 0 saturated carbocycles. The molecule has 0 aliphatic heterocycles. The zero-order chi connectivity index (χ0) is 15.5. The Morgan fingerprint density at radius 1 is 1.05 bits per heavy atom. The molecule has 8 heteroatoms. The van der Waals surface area contributed by atoms with E-state index < -0.39 is 15.6 Å². The van der Waals surface area contributed by atoms with Gasteiger partial charge in [0.05, 0.1) is 5.30 Å². The highest BCUT2D eigenvalue weighted by Gasteiger charge is 2.36. The number of halogens is 3. The highest BCUT2D eigenvalue weighted by Crippen LogP contribution is 2.21. The van der Waals surface area contributed by atoms with E-state index in [0.717, 1.165) is 0 Å². The smallest absolute Gasteiger partial charge is 0.485 e. The van der Waals surface area contributed by atoms with Crippen molar-refractivity contribution in [1.29, 1.82) is 0 Å². The molecule has 1 aromatic rings. The molecule has 0 radical (unpaired) electrons. The molecule has 0 spiro atoms. The standard InChI is InChI=1S/C10H15P.CHF3O3S/c1-10(2,3)8-4-6-9(11)7-5-8;2-1(3,4)8(5,6)7/h4-7H,11H2,1-3H3;(H,5,6,7). The van der Waals surface area contributed by atoms with Gasteiger partial charge in [-0.3, -0.25) is 0 Å². The van der Waals surface area contributed by atoms with Crippen LogP contribution >= 0.6 is 9.24 Å². The van der Waals surface area contributed by atoms with E-state index in [2.05, 4.69) is 45.0 Å². The first-order valence-corrected chi connectivity index (χ1v) is 7.31. The van der Waals surface area contributed by atoms with Crippen LogP contribution in [0.4, 0.5) is 13.2 Å². The third-order valence-corrected chi connectivity index (χ3v) is 3.14. The Hall–Kier alpha value is -0.650. The van der Waals surface area contributed by atoms with Gasteiger partial charge >= 0.3 is 5.51 Å². The van der Waals surface area contributed by atoms with Gasteiger partial charge in [0, 0.05) is 9.24 Å². The van der Waals surface area contributed by atoms with E-state index in [1.54, 1.807) is 0 Å². The van der Waals surface area contributed by atoms with Crippen LogP contribution in [0, 0.1) is 0 Å². The van der Waals surface area contributed by atoms with Gasteiger partial charge in [-0.1, -0.05) is 32.9 Å². The van der Waals surface area contributed by atoms with Crippen LogP contribution in [-0.2, 0) is 15.5 Å². The lowest BCUT2D eigenvalue weighted by atomic mass is 9.87. The summed E-state index contributed by atoms with van der Waals surface area (Å²) < 4.78 is 58.9. The Morgan fingerprint density at radius 2 is 1.37 bits per heavy atom. The van der Waals surface area contributed by atoms with E-state index in [4.69, 9.17) is 13.0 Å². The summed E-state index contributed by atoms with van der Waals surface area (Å²) in [6.07, 6.45) is 0. The number of alkyl halides is 3. The second-order valence-corrected chi connectivity index (χ2v) is 7.03. The van der Waals surface area contributed by atoms with E-state index in [0.29, 0.717) is 0 Å². The van der Waals surface area contributed by atoms with Crippen LogP contribution in [0.15, 0.2) is 24.3 Å². The first kappa shape index (κ1) is 18.4. The summed E-state index contributed by atoms with van der Waals surface area (Å²) in [6, 6.07) is 8.78. The quantitative estimate of drug-likeness (QED) is 0.419. The Balaban J connectivity index is 0.000000362. The van der Waals surface area contributed by atoms with E-state index in [1.165, 1.54) is 10.9 Å². The van der Waals surface area contributed by atoms with Gasteiger partial charge in [0.15, 0.2) is 10.1 Å². The van der Waals surface area contributed by atoms with Crippen molar-refractivity contribution in [3.8, 4) is 0 Å². The van der Waals surface area contributed by atoms with Gasteiger partial charge in [-0.25, -0.2) is 8.42 Å². The van der Waals surface area contributed by atoms with E-state index >= 15 is 0 Å². The summed E-state index contributed by atoms with van der Waals surface area (Å²) in [7, 11) is -4.16. The fourth-order valence-electron chi connectivity index (χ4n) is 1.00. The molecule has 1 atom stereocenters. The average Bonchev–Trinajstić information content (AvgIpc) is 2.14. The average molecular weight is 316 g/mol. The van der Waals surface area contributed by atoms with Crippen LogP contribution in [0.2, 0.25) is 0 Å². The summed E-state index contributed by atoms with van der Waals surface area (Å²) >= 11 is 0. The summed E-state index contributed by atoms with van der Waals surface area (Å²) in [5, 5.41) is 1.36. The SMILES string of the molecule is CC(C)(C)c1ccc([PH3+])cc1.O=S(=O)([O-])C(F)(F)F. The molecule has 0 aromatic heterocycles. The third kappa shape index (κ3) is 6.89. The molecule has 0 saturated heterocycles. The van der Waals surface area contributed by atoms with Crippen molar-refractivity contribution in [2.75, 3.05) is 0 Å². The molecule has 0 N–H and O–H groups in total. The maximum atomic E-state index is 10.7. The van der Waals surface area contributed by atoms with E-state index in [9.17, 15) is 13.2 Å². The van der Waals surface area contributed by atoms with Gasteiger partial charge in [-0.15, -0.1) is 0 Å². The van der Waals surface area contributed by atoms with Crippen molar-refractivity contribution in [2.24, 2.45) is 0 Å². The minimum atomic E-state index is -6.09. The molecule has 19 heavy (non-hydrogen) atoms. The van der Waals surface area contributed by atoms with Crippen molar-refractivity contribution < 1.29 is 26.1 Å². The highest BCUT2D eigenvalue weighted by molar-refractivity contribution is 7.86. The van der Waals surface area contributed by atoms with Crippen LogP contribution in [-0.4, -0.2) is 18.5 Å². The first-order valence-electron chi connectivity index (χ1n) is 5.20. The summed E-state index contributed by atoms with van der Waals surface area (Å²) in [5.41, 5.74) is -3.95. The third-order valence-electron chi connectivity index (χ3n) is 2.10. The zero-order valence-electron chi connectivity index (χ0n) is 10.8. The van der Waals surface area contributed by atoms with Crippen molar-refractivity contribution >= 4 is 24.7 Å². The second-order valence-electron chi connectivity index (χ2n) is 4.85. The molecule has 1 unspecified atom stereocenters. The molecule has 0 fully saturated rings. The lowest BCUT2D eigenvalue weighted by molar-refractivity contribution is -0.0517. The predicted octanol–water partition coefficient (Wildman–Crippen LogP) is 2.27. The molecule has 0 heterocycles. The van der Waals surface area contributed by atoms with Gasteiger partial charge in [0.1, 0.15) is 0 Å². The molecule has 110 valence electrons. The molecule has 3 nitrogen and oxygen atoms in total. The van der Waals surface area contributed by atoms with E-state index in [-0.39, 0.29) is 5.41 Å². The molecule has 0 aliphatic rings. The molecule has 0 bridgehead atoms. The number of rotatable bonds is 0. The van der Waals surface area contributed by atoms with Crippen molar-refractivity contribution in [3.05, 3.63) is 29.8 Å². The number of benzene rings is 1. The number of hydrogen-bond acceptors (Lipinski definition) is 3. The molecular formula is C11H16F3O3PS. The molecule has 0 amide bonds. The van der Waals surface area contributed by atoms with Crippen LogP contribution in [0.5, 0.6) is 0 Å². The molecule has 1 aromatic carbocycles. The minimum Gasteiger partial charge on any atom is -0.741 e. The van der Waals surface area contributed by atoms with Crippen LogP contribution in [0.25, 0.3) is 0 Å². The maximum absolute atomic E-state index is 10.7. The van der Waals surface area contributed by atoms with Gasteiger partial charge in [0.25, 0.3) is 0 Å². The summed E-state index contributed by atoms with van der Waals surface area (Å²) in [4.78, 5) is 0. The summed E-state index contributed by atoms with van der Waals surface area (Å²) in [5.74, 6) is 0. The van der Waals surface area contributed by atoms with Gasteiger partial charge in [-0.2, -0.15) is 13.2 Å². The fraction of sp³-hybridized carbons (Fsp3) is 0.455. The van der Waals surface area contributed by atoms with Crippen molar-refractivity contribution in [1.82, 2.24) is 0 Å². The second kappa shape index (κ2) is 6.20. The molecular weight excluding hydrogens is 300 g/mol. The Morgan fingerprint density at radius 3 is 1.58 bits per heavy atom. The first-order chi connectivity index (χ1) is 8.25. The number of hydrogen-bond donors (Lipinski definition) is 0. The van der Waals surface area contributed by atoms with Crippen LogP contribution < -0.4 is 5.30 Å². The predicted molar refractivity (Wildman–Crippen MR) is 71.6 cm³/mol. The molecule has 0 aliphatic carbocycles. The highest BCUT2D eigenvalue weighted by atomic mass is 32.2. The van der Waals surface area contributed by atoms with Crippen LogP contribution in [0.1, 0.15) is 26.3 Å². The Bertz CT molecular complexity index is 501. The van der Waals surface area contributed by atoms with E-state index in [1.807, 2.05) is 9.24 Å². The lowest BCUT2D eigenvalue weighted by Gasteiger charge is -2.18. The van der Waals surface area contributed by atoms with Gasteiger partial charge < -0.3 is 4.55 Å². The fourth-order valence-corrected chi connectivity index (χ4v) is 1.24. The van der Waals surface area contributed by atoms with Gasteiger partial charge in [0.2, 0.25) is 0 Å². The minimum absolute atomic E-state index is 0.289. The molecule has 1 rings (SSSR count). The zero-order valence-corrected chi connectivity index (χ0v) is 13.0.